The molecule has 1 fully saturated rings. The van der Waals surface area contributed by atoms with E-state index >= 15 is 0 Å². The molecule has 0 aromatic rings. The van der Waals surface area contributed by atoms with Gasteiger partial charge in [-0.1, -0.05) is 51.9 Å². The van der Waals surface area contributed by atoms with Gasteiger partial charge in [0.2, 0.25) is 0 Å². The second kappa shape index (κ2) is 8.93. The fourth-order valence-electron chi connectivity index (χ4n) is 2.92. The Hall–Kier alpha value is -0.0800. The van der Waals surface area contributed by atoms with Crippen LogP contribution >= 0.6 is 0 Å². The van der Waals surface area contributed by atoms with Gasteiger partial charge in [-0.15, -0.1) is 0 Å². The Labute approximate surface area is 107 Å². The summed E-state index contributed by atoms with van der Waals surface area (Å²) in [4.78, 5) is 0. The lowest BCUT2D eigenvalue weighted by Crippen LogP contribution is -2.45. The molecule has 0 radical (unpaired) electrons. The lowest BCUT2D eigenvalue weighted by atomic mass is 9.93. The smallest absolute Gasteiger partial charge is 0.0569 e. The van der Waals surface area contributed by atoms with E-state index in [-0.39, 0.29) is 6.10 Å². The lowest BCUT2D eigenvalue weighted by Gasteiger charge is -2.32. The number of piperidine rings is 1. The molecule has 0 aromatic heterocycles. The van der Waals surface area contributed by atoms with Crippen molar-refractivity contribution in [1.82, 2.24) is 5.32 Å². The first-order chi connectivity index (χ1) is 8.22. The van der Waals surface area contributed by atoms with E-state index in [1.165, 1.54) is 51.4 Å². The molecular weight excluding hydrogens is 210 g/mol. The third kappa shape index (κ3) is 7.05. The molecule has 1 aliphatic heterocycles. The van der Waals surface area contributed by atoms with Gasteiger partial charge in [0.25, 0.3) is 0 Å². The Morgan fingerprint density at radius 1 is 1.00 bits per heavy atom. The summed E-state index contributed by atoms with van der Waals surface area (Å²) in [5.74, 6) is 0. The van der Waals surface area contributed by atoms with E-state index in [0.29, 0.717) is 12.1 Å². The van der Waals surface area contributed by atoms with Crippen molar-refractivity contribution >= 4 is 0 Å². The van der Waals surface area contributed by atoms with E-state index in [1.54, 1.807) is 0 Å². The van der Waals surface area contributed by atoms with E-state index in [4.69, 9.17) is 0 Å². The minimum atomic E-state index is -0.0687. The largest absolute Gasteiger partial charge is 0.393 e. The number of unbranched alkanes of at least 4 members (excludes halogenated alkanes) is 6. The molecule has 0 amide bonds. The third-order valence-corrected chi connectivity index (χ3v) is 3.86. The molecule has 0 saturated carbocycles. The van der Waals surface area contributed by atoms with E-state index in [0.717, 1.165) is 12.8 Å². The van der Waals surface area contributed by atoms with Crippen LogP contribution in [0, 0.1) is 0 Å². The molecule has 0 aliphatic carbocycles. The number of hydrogen-bond donors (Lipinski definition) is 2. The average Bonchev–Trinajstić information content (AvgIpc) is 2.26. The Balaban J connectivity index is 1.95. The van der Waals surface area contributed by atoms with Crippen molar-refractivity contribution in [3.63, 3.8) is 0 Å². The Bertz CT molecular complexity index is 174. The van der Waals surface area contributed by atoms with Crippen molar-refractivity contribution in [1.29, 1.82) is 0 Å². The minimum absolute atomic E-state index is 0.0687. The second-order valence-corrected chi connectivity index (χ2v) is 5.80. The quantitative estimate of drug-likeness (QED) is 0.636. The summed E-state index contributed by atoms with van der Waals surface area (Å²) in [5.41, 5.74) is 0. The molecular formula is C15H31NO. The van der Waals surface area contributed by atoms with Crippen LogP contribution < -0.4 is 5.32 Å². The maximum absolute atomic E-state index is 9.71. The Kier molecular flexibility index (Phi) is 7.87. The summed E-state index contributed by atoms with van der Waals surface area (Å²) >= 11 is 0. The summed E-state index contributed by atoms with van der Waals surface area (Å²) in [6.45, 7) is 4.45. The molecule has 2 nitrogen and oxygen atoms in total. The fraction of sp³-hybridized carbons (Fsp3) is 1.00. The minimum Gasteiger partial charge on any atom is -0.393 e. The number of hydrogen-bond acceptors (Lipinski definition) is 2. The topological polar surface area (TPSA) is 32.3 Å². The molecule has 0 aromatic carbocycles. The number of aliphatic hydroxyl groups is 1. The van der Waals surface area contributed by atoms with Crippen LogP contribution in [-0.2, 0) is 0 Å². The van der Waals surface area contributed by atoms with Gasteiger partial charge in [0.05, 0.1) is 6.10 Å². The summed E-state index contributed by atoms with van der Waals surface area (Å²) in [6.07, 6.45) is 12.7. The third-order valence-electron chi connectivity index (χ3n) is 3.86. The average molecular weight is 241 g/mol. The van der Waals surface area contributed by atoms with Crippen molar-refractivity contribution < 1.29 is 5.11 Å². The van der Waals surface area contributed by atoms with E-state index in [1.807, 2.05) is 0 Å². The van der Waals surface area contributed by atoms with Gasteiger partial charge in [0.15, 0.2) is 0 Å². The van der Waals surface area contributed by atoms with Crippen LogP contribution in [0.15, 0.2) is 0 Å². The summed E-state index contributed by atoms with van der Waals surface area (Å²) < 4.78 is 0. The molecule has 1 heterocycles. The maximum Gasteiger partial charge on any atom is 0.0569 e. The van der Waals surface area contributed by atoms with Crippen LogP contribution in [0.25, 0.3) is 0 Å². The first-order valence-electron chi connectivity index (χ1n) is 7.66. The molecule has 0 spiro atoms. The van der Waals surface area contributed by atoms with Crippen LogP contribution in [0.1, 0.15) is 78.1 Å². The molecule has 1 rings (SSSR count). The molecule has 0 bridgehead atoms. The molecule has 0 unspecified atom stereocenters. The van der Waals surface area contributed by atoms with Crippen LogP contribution in [0.4, 0.5) is 0 Å². The first kappa shape index (κ1) is 15.0. The van der Waals surface area contributed by atoms with Crippen molar-refractivity contribution in [3.8, 4) is 0 Å². The summed E-state index contributed by atoms with van der Waals surface area (Å²) in [7, 11) is 0. The van der Waals surface area contributed by atoms with E-state index in [9.17, 15) is 5.11 Å². The maximum atomic E-state index is 9.71. The van der Waals surface area contributed by atoms with Crippen molar-refractivity contribution in [2.75, 3.05) is 0 Å². The zero-order valence-corrected chi connectivity index (χ0v) is 11.8. The number of aliphatic hydroxyl groups excluding tert-OH is 1. The SMILES string of the molecule is CCCCCCCCC[C@H]1C[C@H](O)C[C@@H](C)N1. The van der Waals surface area contributed by atoms with E-state index < -0.39 is 0 Å². The van der Waals surface area contributed by atoms with Gasteiger partial charge < -0.3 is 10.4 Å². The van der Waals surface area contributed by atoms with Gasteiger partial charge in [-0.25, -0.2) is 0 Å². The second-order valence-electron chi connectivity index (χ2n) is 5.80. The fourth-order valence-corrected chi connectivity index (χ4v) is 2.92. The monoisotopic (exact) mass is 241 g/mol. The summed E-state index contributed by atoms with van der Waals surface area (Å²) in [5, 5.41) is 13.3. The van der Waals surface area contributed by atoms with Gasteiger partial charge in [0.1, 0.15) is 0 Å². The molecule has 1 saturated heterocycles. The van der Waals surface area contributed by atoms with Gasteiger partial charge in [-0.2, -0.15) is 0 Å². The summed E-state index contributed by atoms with van der Waals surface area (Å²) in [6, 6.07) is 1.05. The van der Waals surface area contributed by atoms with Crippen molar-refractivity contribution in [2.24, 2.45) is 0 Å². The Morgan fingerprint density at radius 2 is 1.65 bits per heavy atom. The van der Waals surface area contributed by atoms with Gasteiger partial charge in [-0.05, 0) is 26.2 Å². The highest BCUT2D eigenvalue weighted by Gasteiger charge is 2.23. The normalized spacial score (nSPS) is 29.5. The predicted molar refractivity (Wildman–Crippen MR) is 74.2 cm³/mol. The molecule has 102 valence electrons. The van der Waals surface area contributed by atoms with Gasteiger partial charge >= 0.3 is 0 Å². The molecule has 17 heavy (non-hydrogen) atoms. The van der Waals surface area contributed by atoms with Gasteiger partial charge in [-0.3, -0.25) is 0 Å². The number of rotatable bonds is 8. The first-order valence-corrected chi connectivity index (χ1v) is 7.66. The molecule has 2 N–H and O–H groups in total. The van der Waals surface area contributed by atoms with E-state index in [2.05, 4.69) is 19.2 Å². The lowest BCUT2D eigenvalue weighted by molar-refractivity contribution is 0.0946. The molecule has 2 heteroatoms. The van der Waals surface area contributed by atoms with Crippen LogP contribution in [-0.4, -0.2) is 23.3 Å². The Morgan fingerprint density at radius 3 is 2.29 bits per heavy atom. The highest BCUT2D eigenvalue weighted by molar-refractivity contribution is 4.82. The van der Waals surface area contributed by atoms with Crippen LogP contribution in [0.5, 0.6) is 0 Å². The van der Waals surface area contributed by atoms with Crippen molar-refractivity contribution in [3.05, 3.63) is 0 Å². The highest BCUT2D eigenvalue weighted by atomic mass is 16.3. The van der Waals surface area contributed by atoms with Gasteiger partial charge in [0, 0.05) is 12.1 Å². The standard InChI is InChI=1S/C15H31NO/c1-3-4-5-6-7-8-9-10-14-12-15(17)11-13(2)16-14/h13-17H,3-12H2,1-2H3/t13-,14+,15-/m1/s1. The van der Waals surface area contributed by atoms with Crippen molar-refractivity contribution in [2.45, 2.75) is 96.2 Å². The zero-order valence-electron chi connectivity index (χ0n) is 11.8. The number of nitrogens with one attached hydrogen (secondary N) is 1. The molecule has 1 aliphatic rings. The van der Waals surface area contributed by atoms with Crippen LogP contribution in [0.2, 0.25) is 0 Å². The predicted octanol–water partition coefficient (Wildman–Crippen LogP) is 3.63. The highest BCUT2D eigenvalue weighted by Crippen LogP contribution is 2.18. The molecule has 3 atom stereocenters. The zero-order chi connectivity index (χ0) is 12.5. The van der Waals surface area contributed by atoms with Crippen LogP contribution in [0.3, 0.4) is 0 Å².